The van der Waals surface area contributed by atoms with Crippen molar-refractivity contribution >= 4 is 29.5 Å². The Morgan fingerprint density at radius 3 is 2.47 bits per heavy atom. The first-order valence-electron chi connectivity index (χ1n) is 13.9. The van der Waals surface area contributed by atoms with Gasteiger partial charge in [0.2, 0.25) is 11.8 Å². The van der Waals surface area contributed by atoms with E-state index in [-0.39, 0.29) is 24.1 Å². The Morgan fingerprint density at radius 1 is 1.03 bits per heavy atom. The second-order valence-electron chi connectivity index (χ2n) is 12.4. The maximum absolute atomic E-state index is 12.9. The second kappa shape index (κ2) is 9.53. The number of thioether (sulfide) groups is 1. The van der Waals surface area contributed by atoms with Crippen LogP contribution in [-0.2, 0) is 28.4 Å². The van der Waals surface area contributed by atoms with Crippen LogP contribution < -0.4 is 10.6 Å². The standard InChI is InChI=1S/C31H37N3O3S/c1-30(2)22-12-13-31(30,3)26(15-22)32-16-19-4-7-23(8-5-19)38-18-20-6-9-24-21(14-20)17-34(29(24)37)25-10-11-27(35)33-28(25)36/h4-9,14,22,25-26,32H,10-13,15-18H2,1-3H3,(H,33,35,36)/t22-,25?,26?,31+/m1/s1. The zero-order valence-electron chi connectivity index (χ0n) is 22.5. The summed E-state index contributed by atoms with van der Waals surface area (Å²) < 4.78 is 0. The van der Waals surface area contributed by atoms with Crippen molar-refractivity contribution in [3.8, 4) is 0 Å². The van der Waals surface area contributed by atoms with Gasteiger partial charge in [-0.2, -0.15) is 0 Å². The summed E-state index contributed by atoms with van der Waals surface area (Å²) >= 11 is 1.79. The lowest BCUT2D eigenvalue weighted by Gasteiger charge is -2.39. The van der Waals surface area contributed by atoms with Crippen molar-refractivity contribution in [2.24, 2.45) is 16.7 Å². The predicted octanol–water partition coefficient (Wildman–Crippen LogP) is 5.04. The highest BCUT2D eigenvalue weighted by Gasteiger charge is 2.60. The van der Waals surface area contributed by atoms with E-state index < -0.39 is 6.04 Å². The highest BCUT2D eigenvalue weighted by atomic mass is 32.2. The minimum atomic E-state index is -0.573. The summed E-state index contributed by atoms with van der Waals surface area (Å²) in [6.45, 7) is 8.74. The van der Waals surface area contributed by atoms with E-state index >= 15 is 0 Å². The molecule has 2 heterocycles. The van der Waals surface area contributed by atoms with E-state index in [1.54, 1.807) is 16.7 Å². The van der Waals surface area contributed by atoms with Gasteiger partial charge in [-0.05, 0) is 77.3 Å². The van der Waals surface area contributed by atoms with Crippen LogP contribution in [0.15, 0.2) is 47.4 Å². The van der Waals surface area contributed by atoms with Crippen LogP contribution in [0.2, 0.25) is 0 Å². The van der Waals surface area contributed by atoms with Crippen LogP contribution in [0.3, 0.4) is 0 Å². The van der Waals surface area contributed by atoms with Crippen LogP contribution in [0.25, 0.3) is 0 Å². The first-order chi connectivity index (χ1) is 18.2. The molecule has 2 aliphatic heterocycles. The summed E-state index contributed by atoms with van der Waals surface area (Å²) in [5.74, 6) is 0.903. The first-order valence-corrected chi connectivity index (χ1v) is 14.9. The number of amides is 3. The highest BCUT2D eigenvalue weighted by Crippen LogP contribution is 2.65. The summed E-state index contributed by atoms with van der Waals surface area (Å²) in [7, 11) is 0. The van der Waals surface area contributed by atoms with Gasteiger partial charge < -0.3 is 10.2 Å². The molecule has 2 N–H and O–H groups in total. The molecular formula is C31H37N3O3S. The minimum absolute atomic E-state index is 0.124. The van der Waals surface area contributed by atoms with E-state index in [1.807, 2.05) is 12.1 Å². The number of nitrogens with one attached hydrogen (secondary N) is 2. The van der Waals surface area contributed by atoms with E-state index in [0.717, 1.165) is 29.3 Å². The molecule has 2 bridgehead atoms. The van der Waals surface area contributed by atoms with E-state index in [2.05, 4.69) is 61.7 Å². The number of fused-ring (bicyclic) bond motifs is 3. The quantitative estimate of drug-likeness (QED) is 0.386. The molecule has 38 heavy (non-hydrogen) atoms. The summed E-state index contributed by atoms with van der Waals surface area (Å²) in [5, 5.41) is 6.24. The fraction of sp³-hybridized carbons (Fsp3) is 0.516. The molecule has 0 radical (unpaired) electrons. The number of hydrogen-bond donors (Lipinski definition) is 2. The normalized spacial score (nSPS) is 29.6. The Balaban J connectivity index is 1.03. The lowest BCUT2D eigenvalue weighted by Crippen LogP contribution is -2.52. The lowest BCUT2D eigenvalue weighted by molar-refractivity contribution is -0.136. The summed E-state index contributed by atoms with van der Waals surface area (Å²) in [6, 6.07) is 14.9. The van der Waals surface area contributed by atoms with Crippen molar-refractivity contribution in [1.29, 1.82) is 0 Å². The molecule has 1 saturated heterocycles. The Bertz CT molecular complexity index is 1290. The smallest absolute Gasteiger partial charge is 0.255 e. The SMILES string of the molecule is CC1(C)[C@@H]2CC[C@@]1(C)C(NCc1ccc(SCc3ccc4c(c3)CN(C3CCC(=O)NC3=O)C4=O)cc1)C2. The molecule has 6 rings (SSSR count). The molecule has 6 nitrogen and oxygen atoms in total. The number of carbonyl (C=O) groups excluding carboxylic acids is 3. The molecule has 2 unspecified atom stereocenters. The largest absolute Gasteiger partial charge is 0.322 e. The minimum Gasteiger partial charge on any atom is -0.322 e. The van der Waals surface area contributed by atoms with Gasteiger partial charge in [-0.1, -0.05) is 45.0 Å². The maximum Gasteiger partial charge on any atom is 0.255 e. The molecule has 3 amide bonds. The second-order valence-corrected chi connectivity index (χ2v) is 13.4. The molecule has 4 atom stereocenters. The number of benzene rings is 2. The Morgan fingerprint density at radius 2 is 1.79 bits per heavy atom. The third kappa shape index (κ3) is 4.28. The molecule has 200 valence electrons. The van der Waals surface area contributed by atoms with Crippen molar-refractivity contribution in [2.75, 3.05) is 0 Å². The van der Waals surface area contributed by atoms with Gasteiger partial charge in [0.1, 0.15) is 6.04 Å². The van der Waals surface area contributed by atoms with Gasteiger partial charge in [0.05, 0.1) is 0 Å². The topological polar surface area (TPSA) is 78.5 Å². The highest BCUT2D eigenvalue weighted by molar-refractivity contribution is 7.98. The average molecular weight is 532 g/mol. The fourth-order valence-corrected chi connectivity index (χ4v) is 8.18. The summed E-state index contributed by atoms with van der Waals surface area (Å²) in [5.41, 5.74) is 4.92. The summed E-state index contributed by atoms with van der Waals surface area (Å²) in [4.78, 5) is 39.5. The van der Waals surface area contributed by atoms with Crippen LogP contribution in [0, 0.1) is 16.7 Å². The van der Waals surface area contributed by atoms with Crippen LogP contribution in [0.1, 0.15) is 79.9 Å². The number of nitrogens with zero attached hydrogens (tertiary/aromatic N) is 1. The van der Waals surface area contributed by atoms with Gasteiger partial charge in [-0.25, -0.2) is 0 Å². The molecule has 4 aliphatic rings. The van der Waals surface area contributed by atoms with Gasteiger partial charge >= 0.3 is 0 Å². The fourth-order valence-electron chi connectivity index (χ4n) is 7.34. The zero-order valence-corrected chi connectivity index (χ0v) is 23.3. The molecule has 2 saturated carbocycles. The molecule has 2 aliphatic carbocycles. The van der Waals surface area contributed by atoms with Gasteiger partial charge in [-0.15, -0.1) is 11.8 Å². The Hall–Kier alpha value is -2.64. The summed E-state index contributed by atoms with van der Waals surface area (Å²) in [6.07, 6.45) is 4.67. The van der Waals surface area contributed by atoms with Crippen molar-refractivity contribution in [3.63, 3.8) is 0 Å². The zero-order chi connectivity index (χ0) is 26.7. The number of imide groups is 1. The molecule has 2 aromatic carbocycles. The Kier molecular flexibility index (Phi) is 6.42. The van der Waals surface area contributed by atoms with Crippen molar-refractivity contribution < 1.29 is 14.4 Å². The maximum atomic E-state index is 12.9. The monoisotopic (exact) mass is 531 g/mol. The number of rotatable bonds is 7. The molecule has 0 spiro atoms. The van der Waals surface area contributed by atoms with Gasteiger partial charge in [0, 0.05) is 41.8 Å². The molecule has 7 heteroatoms. The third-order valence-corrected chi connectivity index (χ3v) is 11.3. The van der Waals surface area contributed by atoms with Crippen molar-refractivity contribution in [1.82, 2.24) is 15.5 Å². The van der Waals surface area contributed by atoms with Crippen LogP contribution in [-0.4, -0.2) is 34.7 Å². The Labute approximate surface area is 229 Å². The van der Waals surface area contributed by atoms with Crippen molar-refractivity contribution in [2.45, 2.75) is 88.7 Å². The van der Waals surface area contributed by atoms with Crippen LogP contribution in [0.5, 0.6) is 0 Å². The third-order valence-electron chi connectivity index (χ3n) is 10.3. The molecule has 3 fully saturated rings. The lowest BCUT2D eigenvalue weighted by atomic mass is 9.69. The van der Waals surface area contributed by atoms with Gasteiger partial charge in [-0.3, -0.25) is 19.7 Å². The number of piperidine rings is 1. The average Bonchev–Trinajstić information content (AvgIpc) is 3.41. The number of carbonyl (C=O) groups is 3. The van der Waals surface area contributed by atoms with Gasteiger partial charge in [0.15, 0.2) is 0 Å². The number of hydrogen-bond acceptors (Lipinski definition) is 5. The molecule has 0 aromatic heterocycles. The van der Waals surface area contributed by atoms with Gasteiger partial charge in [0.25, 0.3) is 5.91 Å². The first kappa shape index (κ1) is 25.6. The van der Waals surface area contributed by atoms with Crippen LogP contribution >= 0.6 is 11.8 Å². The molecule has 2 aromatic rings. The van der Waals surface area contributed by atoms with E-state index in [9.17, 15) is 14.4 Å². The van der Waals surface area contributed by atoms with Crippen LogP contribution in [0.4, 0.5) is 0 Å². The van der Waals surface area contributed by atoms with E-state index in [4.69, 9.17) is 0 Å². The van der Waals surface area contributed by atoms with E-state index in [1.165, 1.54) is 29.7 Å². The predicted molar refractivity (Wildman–Crippen MR) is 148 cm³/mol. The molecular weight excluding hydrogens is 494 g/mol. The van der Waals surface area contributed by atoms with Crippen molar-refractivity contribution in [3.05, 3.63) is 64.7 Å². The van der Waals surface area contributed by atoms with E-state index in [0.29, 0.717) is 35.4 Å².